The minimum atomic E-state index is -0.247. The van der Waals surface area contributed by atoms with Crippen LogP contribution < -0.4 is 10.6 Å². The van der Waals surface area contributed by atoms with Crippen LogP contribution in [0.3, 0.4) is 0 Å². The Balaban J connectivity index is 1.73. The molecule has 1 amide bonds. The van der Waals surface area contributed by atoms with Gasteiger partial charge in [0.2, 0.25) is 5.91 Å². The second kappa shape index (κ2) is 7.95. The summed E-state index contributed by atoms with van der Waals surface area (Å²) in [6, 6.07) is 9.57. The summed E-state index contributed by atoms with van der Waals surface area (Å²) in [7, 11) is 0. The van der Waals surface area contributed by atoms with E-state index in [1.54, 1.807) is 0 Å². The first-order chi connectivity index (χ1) is 10.2. The molecule has 1 aromatic rings. The van der Waals surface area contributed by atoms with Crippen molar-refractivity contribution in [3.63, 3.8) is 0 Å². The molecule has 6 heteroatoms. The topological polar surface area (TPSA) is 59.6 Å². The Hall–Kier alpha value is -1.66. The fourth-order valence-electron chi connectivity index (χ4n) is 2.19. The fraction of sp³-hybridized carbons (Fsp3) is 0.467. The summed E-state index contributed by atoms with van der Waals surface area (Å²) in [5.74, 6) is -0.0210. The minimum absolute atomic E-state index is 0.0210. The van der Waals surface area contributed by atoms with Crippen molar-refractivity contribution in [3.8, 4) is 0 Å². The summed E-state index contributed by atoms with van der Waals surface area (Å²) in [5.41, 5.74) is 1.08. The van der Waals surface area contributed by atoms with Crippen LogP contribution >= 0.6 is 12.2 Å². The highest BCUT2D eigenvalue weighted by Crippen LogP contribution is 2.12. The Kier molecular flexibility index (Phi) is 5.95. The molecule has 0 spiro atoms. The monoisotopic (exact) mass is 308 g/mol. The lowest BCUT2D eigenvalue weighted by Gasteiger charge is -2.13. The molecule has 0 bridgehead atoms. The lowest BCUT2D eigenvalue weighted by atomic mass is 10.2. The van der Waals surface area contributed by atoms with Crippen molar-refractivity contribution < 1.29 is 14.3 Å². The molecule has 0 aliphatic carbocycles. The molecule has 114 valence electrons. The van der Waals surface area contributed by atoms with Crippen LogP contribution in [0.15, 0.2) is 30.3 Å². The van der Waals surface area contributed by atoms with Gasteiger partial charge in [0.15, 0.2) is 0 Å². The SMILES string of the molecule is CCOC(=S)O[C@H]1CN[C@@H](C(=O)NCc2ccccc2)C1. The van der Waals surface area contributed by atoms with Crippen molar-refractivity contribution in [2.24, 2.45) is 0 Å². The van der Waals surface area contributed by atoms with E-state index in [9.17, 15) is 4.79 Å². The summed E-state index contributed by atoms with van der Waals surface area (Å²) in [6.45, 7) is 3.46. The van der Waals surface area contributed by atoms with E-state index >= 15 is 0 Å². The largest absolute Gasteiger partial charge is 0.457 e. The molecule has 2 N–H and O–H groups in total. The molecule has 5 nitrogen and oxygen atoms in total. The molecule has 0 aromatic heterocycles. The first-order valence-corrected chi connectivity index (χ1v) is 7.48. The van der Waals surface area contributed by atoms with Crippen LogP contribution in [0.4, 0.5) is 0 Å². The molecule has 1 saturated heterocycles. The Morgan fingerprint density at radius 2 is 2.19 bits per heavy atom. The van der Waals surface area contributed by atoms with Crippen LogP contribution in [-0.2, 0) is 20.8 Å². The number of carbonyl (C=O) groups is 1. The highest BCUT2D eigenvalue weighted by atomic mass is 32.1. The number of benzene rings is 1. The first kappa shape index (κ1) is 15.7. The molecule has 1 aliphatic heterocycles. The number of rotatable bonds is 5. The van der Waals surface area contributed by atoms with Gasteiger partial charge in [-0.1, -0.05) is 30.3 Å². The molecule has 1 fully saturated rings. The quantitative estimate of drug-likeness (QED) is 0.805. The van der Waals surface area contributed by atoms with Gasteiger partial charge < -0.3 is 20.1 Å². The highest BCUT2D eigenvalue weighted by molar-refractivity contribution is 7.79. The number of nitrogens with one attached hydrogen (secondary N) is 2. The first-order valence-electron chi connectivity index (χ1n) is 7.07. The van der Waals surface area contributed by atoms with Gasteiger partial charge in [0.25, 0.3) is 0 Å². The normalized spacial score (nSPS) is 20.8. The molecular formula is C15H20N2O3S. The van der Waals surface area contributed by atoms with E-state index in [1.807, 2.05) is 37.3 Å². The fourth-order valence-corrected chi connectivity index (χ4v) is 2.44. The summed E-state index contributed by atoms with van der Waals surface area (Å²) >= 11 is 4.94. The third-order valence-corrected chi connectivity index (χ3v) is 3.46. The number of hydrogen-bond acceptors (Lipinski definition) is 5. The Bertz CT molecular complexity index is 481. The summed E-state index contributed by atoms with van der Waals surface area (Å²) in [6.07, 6.45) is 0.477. The van der Waals surface area contributed by atoms with E-state index in [0.717, 1.165) is 5.56 Å². The molecule has 0 unspecified atom stereocenters. The molecule has 0 radical (unpaired) electrons. The van der Waals surface area contributed by atoms with Crippen LogP contribution in [0.5, 0.6) is 0 Å². The van der Waals surface area contributed by atoms with Gasteiger partial charge in [-0.25, -0.2) is 0 Å². The van der Waals surface area contributed by atoms with E-state index in [1.165, 1.54) is 0 Å². The summed E-state index contributed by atoms with van der Waals surface area (Å²) in [5, 5.41) is 6.20. The maximum absolute atomic E-state index is 12.1. The van der Waals surface area contributed by atoms with Crippen molar-refractivity contribution in [3.05, 3.63) is 35.9 Å². The second-order valence-electron chi connectivity index (χ2n) is 4.82. The van der Waals surface area contributed by atoms with Crippen molar-refractivity contribution in [2.75, 3.05) is 13.2 Å². The maximum atomic E-state index is 12.1. The second-order valence-corrected chi connectivity index (χ2v) is 5.16. The van der Waals surface area contributed by atoms with Gasteiger partial charge in [-0.15, -0.1) is 0 Å². The van der Waals surface area contributed by atoms with Crippen LogP contribution in [0.2, 0.25) is 0 Å². The van der Waals surface area contributed by atoms with Gasteiger partial charge in [0, 0.05) is 31.7 Å². The average Bonchev–Trinajstić information content (AvgIpc) is 2.94. The summed E-state index contributed by atoms with van der Waals surface area (Å²) in [4.78, 5) is 12.1. The molecule has 21 heavy (non-hydrogen) atoms. The average molecular weight is 308 g/mol. The van der Waals surface area contributed by atoms with Crippen LogP contribution in [0.25, 0.3) is 0 Å². The molecule has 2 atom stereocenters. The zero-order chi connectivity index (χ0) is 15.1. The van der Waals surface area contributed by atoms with E-state index in [4.69, 9.17) is 21.7 Å². The van der Waals surface area contributed by atoms with Crippen LogP contribution in [0, 0.1) is 0 Å². The third kappa shape index (κ3) is 4.99. The van der Waals surface area contributed by atoms with Gasteiger partial charge in [-0.05, 0) is 12.5 Å². The van der Waals surface area contributed by atoms with E-state index in [-0.39, 0.29) is 23.3 Å². The third-order valence-electron chi connectivity index (χ3n) is 3.24. The molecular weight excluding hydrogens is 288 g/mol. The minimum Gasteiger partial charge on any atom is -0.457 e. The lowest BCUT2D eigenvalue weighted by Crippen LogP contribution is -2.39. The number of amides is 1. The van der Waals surface area contributed by atoms with Gasteiger partial charge >= 0.3 is 5.24 Å². The number of hydrogen-bond donors (Lipinski definition) is 2. The van der Waals surface area contributed by atoms with E-state index in [2.05, 4.69) is 10.6 Å². The van der Waals surface area contributed by atoms with E-state index in [0.29, 0.717) is 26.1 Å². The van der Waals surface area contributed by atoms with E-state index < -0.39 is 0 Å². The van der Waals surface area contributed by atoms with Gasteiger partial charge in [0.05, 0.1) is 12.6 Å². The Labute approximate surface area is 130 Å². The van der Waals surface area contributed by atoms with Gasteiger partial charge in [-0.3, -0.25) is 4.79 Å². The number of thiocarbonyl (C=S) groups is 1. The zero-order valence-electron chi connectivity index (χ0n) is 12.0. The smallest absolute Gasteiger partial charge is 0.352 e. The summed E-state index contributed by atoms with van der Waals surface area (Å²) < 4.78 is 10.5. The zero-order valence-corrected chi connectivity index (χ0v) is 12.8. The molecule has 0 saturated carbocycles. The van der Waals surface area contributed by atoms with Gasteiger partial charge in [-0.2, -0.15) is 0 Å². The van der Waals surface area contributed by atoms with Crippen molar-refractivity contribution in [1.82, 2.24) is 10.6 Å². The molecule has 1 aliphatic rings. The number of ether oxygens (including phenoxy) is 2. The van der Waals surface area contributed by atoms with Crippen molar-refractivity contribution >= 4 is 23.4 Å². The Morgan fingerprint density at radius 3 is 2.90 bits per heavy atom. The predicted octanol–water partition coefficient (Wildman–Crippen LogP) is 1.37. The Morgan fingerprint density at radius 1 is 1.43 bits per heavy atom. The predicted molar refractivity (Wildman–Crippen MR) is 83.8 cm³/mol. The molecule has 1 aromatic carbocycles. The van der Waals surface area contributed by atoms with Crippen LogP contribution in [0.1, 0.15) is 18.9 Å². The van der Waals surface area contributed by atoms with Crippen molar-refractivity contribution in [1.29, 1.82) is 0 Å². The van der Waals surface area contributed by atoms with Crippen LogP contribution in [-0.4, -0.2) is 36.4 Å². The standard InChI is InChI=1S/C15H20N2O3S/c1-2-19-15(21)20-12-8-13(16-10-12)14(18)17-9-11-6-4-3-5-7-11/h3-7,12-13,16H,2,8-10H2,1H3,(H,17,18)/t12-,13-/m1/s1. The lowest BCUT2D eigenvalue weighted by molar-refractivity contribution is -0.123. The van der Waals surface area contributed by atoms with Crippen molar-refractivity contribution in [2.45, 2.75) is 32.0 Å². The maximum Gasteiger partial charge on any atom is 0.352 e. The molecule has 2 rings (SSSR count). The van der Waals surface area contributed by atoms with Gasteiger partial charge in [0.1, 0.15) is 6.10 Å². The molecule has 1 heterocycles. The highest BCUT2D eigenvalue weighted by Gasteiger charge is 2.31. The number of carbonyl (C=O) groups excluding carboxylic acids is 1.